The summed E-state index contributed by atoms with van der Waals surface area (Å²) in [6, 6.07) is 5.38. The first-order valence-corrected chi connectivity index (χ1v) is 6.07. The molecule has 0 radical (unpaired) electrons. The molecule has 0 spiro atoms. The number of nitrogens with one attached hydrogen (secondary N) is 1. The minimum atomic E-state index is -0.355. The monoisotopic (exact) mass is 303 g/mol. The van der Waals surface area contributed by atoms with E-state index < -0.39 is 0 Å². The van der Waals surface area contributed by atoms with Crippen LogP contribution in [0.25, 0.3) is 0 Å². The van der Waals surface area contributed by atoms with Gasteiger partial charge in [0.1, 0.15) is 12.4 Å². The Bertz CT molecular complexity index is 442. The highest BCUT2D eigenvalue weighted by atomic mass is 35.5. The van der Waals surface area contributed by atoms with Crippen LogP contribution in [0.2, 0.25) is 5.02 Å². The summed E-state index contributed by atoms with van der Waals surface area (Å²) in [5, 5.41) is 13.1. The molecular weight excluding hydrogens is 285 g/mol. The van der Waals surface area contributed by atoms with Gasteiger partial charge in [-0.05, 0) is 32.0 Å². The van der Waals surface area contributed by atoms with Crippen LogP contribution in [-0.2, 0) is 6.54 Å². The summed E-state index contributed by atoms with van der Waals surface area (Å²) in [4.78, 5) is 0. The van der Waals surface area contributed by atoms with Crippen LogP contribution in [0.4, 0.5) is 0 Å². The predicted octanol–water partition coefficient (Wildman–Crippen LogP) is 2.63. The Balaban J connectivity index is 0.00000324. The third-order valence-corrected chi connectivity index (χ3v) is 2.72. The minimum absolute atomic E-state index is 0. The molecule has 0 amide bonds. The van der Waals surface area contributed by atoms with Gasteiger partial charge in [0.15, 0.2) is 0 Å². The maximum atomic E-state index is 9.19. The number of aliphatic hydroxyl groups is 1. The van der Waals surface area contributed by atoms with Gasteiger partial charge in [-0.1, -0.05) is 17.5 Å². The lowest BCUT2D eigenvalue weighted by Crippen LogP contribution is -2.42. The van der Waals surface area contributed by atoms with Crippen molar-refractivity contribution in [3.63, 3.8) is 0 Å². The van der Waals surface area contributed by atoms with Crippen LogP contribution >= 0.6 is 24.0 Å². The number of hydrogen-bond acceptors (Lipinski definition) is 3. The highest BCUT2D eigenvalue weighted by Gasteiger charge is 2.16. The zero-order valence-electron chi connectivity index (χ0n) is 11.1. The third-order valence-electron chi connectivity index (χ3n) is 2.49. The fourth-order valence-electron chi connectivity index (χ4n) is 1.34. The van der Waals surface area contributed by atoms with Crippen LogP contribution in [0.1, 0.15) is 19.4 Å². The molecule has 2 N–H and O–H groups in total. The maximum Gasteiger partial charge on any atom is 0.148 e. The van der Waals surface area contributed by atoms with E-state index in [0.29, 0.717) is 17.3 Å². The van der Waals surface area contributed by atoms with Gasteiger partial charge in [0.25, 0.3) is 0 Å². The molecule has 0 unspecified atom stereocenters. The average Bonchev–Trinajstić information content (AvgIpc) is 2.35. The molecular formula is C14H19Cl2NO2. The first kappa shape index (κ1) is 18.1. The molecule has 5 heteroatoms. The summed E-state index contributed by atoms with van der Waals surface area (Å²) in [5.74, 6) is 3.13. The maximum absolute atomic E-state index is 9.19. The van der Waals surface area contributed by atoms with E-state index in [-0.39, 0.29) is 31.2 Å². The molecule has 0 aliphatic heterocycles. The van der Waals surface area contributed by atoms with Crippen molar-refractivity contribution in [2.45, 2.75) is 25.9 Å². The minimum Gasteiger partial charge on any atom is -0.481 e. The van der Waals surface area contributed by atoms with Gasteiger partial charge in [-0.25, -0.2) is 0 Å². The van der Waals surface area contributed by atoms with Crippen molar-refractivity contribution in [1.82, 2.24) is 5.32 Å². The van der Waals surface area contributed by atoms with Gasteiger partial charge in [0, 0.05) is 22.7 Å². The molecule has 19 heavy (non-hydrogen) atoms. The van der Waals surface area contributed by atoms with E-state index in [1.54, 1.807) is 12.1 Å². The molecule has 0 fully saturated rings. The lowest BCUT2D eigenvalue weighted by atomic mass is 10.1. The van der Waals surface area contributed by atoms with Crippen LogP contribution in [0.3, 0.4) is 0 Å². The normalized spacial score (nSPS) is 10.5. The molecule has 0 saturated carbocycles. The van der Waals surface area contributed by atoms with Crippen LogP contribution in [0, 0.1) is 12.3 Å². The van der Waals surface area contributed by atoms with Crippen LogP contribution in [0.15, 0.2) is 18.2 Å². The lowest BCUT2D eigenvalue weighted by molar-refractivity contribution is 0.187. The highest BCUT2D eigenvalue weighted by molar-refractivity contribution is 6.30. The Hall–Kier alpha value is -0.920. The Morgan fingerprint density at radius 3 is 2.74 bits per heavy atom. The van der Waals surface area contributed by atoms with Crippen molar-refractivity contribution >= 4 is 24.0 Å². The van der Waals surface area contributed by atoms with Gasteiger partial charge < -0.3 is 15.2 Å². The van der Waals surface area contributed by atoms with E-state index in [1.165, 1.54) is 0 Å². The molecule has 1 aromatic rings. The standard InChI is InChI=1S/C14H18ClNO2.ClH/c1-4-7-18-13-6-5-12(15)8-11(13)9-16-14(2,3)10-17;/h1,5-6,8,16-17H,7,9-10H2,2-3H3;1H. The van der Waals surface area contributed by atoms with Gasteiger partial charge in [0.2, 0.25) is 0 Å². The molecule has 106 valence electrons. The van der Waals surface area contributed by atoms with Gasteiger partial charge in [-0.3, -0.25) is 0 Å². The van der Waals surface area contributed by atoms with Crippen molar-refractivity contribution in [2.75, 3.05) is 13.2 Å². The smallest absolute Gasteiger partial charge is 0.148 e. The van der Waals surface area contributed by atoms with E-state index in [9.17, 15) is 5.11 Å². The Morgan fingerprint density at radius 1 is 1.47 bits per heavy atom. The van der Waals surface area contributed by atoms with Crippen molar-refractivity contribution in [3.8, 4) is 18.1 Å². The molecule has 3 nitrogen and oxygen atoms in total. The van der Waals surface area contributed by atoms with Crippen molar-refractivity contribution in [1.29, 1.82) is 0 Å². The zero-order valence-corrected chi connectivity index (χ0v) is 12.6. The Kier molecular flexibility index (Phi) is 7.89. The second-order valence-electron chi connectivity index (χ2n) is 4.64. The first-order valence-electron chi connectivity index (χ1n) is 5.69. The van der Waals surface area contributed by atoms with Crippen molar-refractivity contribution in [3.05, 3.63) is 28.8 Å². The molecule has 0 bridgehead atoms. The number of benzene rings is 1. The van der Waals surface area contributed by atoms with Crippen LogP contribution < -0.4 is 10.1 Å². The second-order valence-corrected chi connectivity index (χ2v) is 5.08. The number of hydrogen-bond donors (Lipinski definition) is 2. The number of ether oxygens (including phenoxy) is 1. The topological polar surface area (TPSA) is 41.5 Å². The highest BCUT2D eigenvalue weighted by Crippen LogP contribution is 2.23. The summed E-state index contributed by atoms with van der Waals surface area (Å²) in [6.07, 6.45) is 5.17. The van der Waals surface area contributed by atoms with Gasteiger partial charge in [-0.15, -0.1) is 18.8 Å². The molecule has 0 saturated heterocycles. The van der Waals surface area contributed by atoms with Crippen LogP contribution in [0.5, 0.6) is 5.75 Å². The predicted molar refractivity (Wildman–Crippen MR) is 81.0 cm³/mol. The first-order chi connectivity index (χ1) is 8.48. The van der Waals surface area contributed by atoms with E-state index in [2.05, 4.69) is 11.2 Å². The summed E-state index contributed by atoms with van der Waals surface area (Å²) < 4.78 is 5.44. The lowest BCUT2D eigenvalue weighted by Gasteiger charge is -2.24. The molecule has 0 atom stereocenters. The number of halogens is 2. The number of terminal acetylenes is 1. The Morgan fingerprint density at radius 2 is 2.16 bits per heavy atom. The summed E-state index contributed by atoms with van der Waals surface area (Å²) in [6.45, 7) is 4.65. The largest absolute Gasteiger partial charge is 0.481 e. The molecule has 1 aromatic carbocycles. The van der Waals surface area contributed by atoms with E-state index in [4.69, 9.17) is 22.8 Å². The van der Waals surface area contributed by atoms with Gasteiger partial charge in [0.05, 0.1) is 6.61 Å². The van der Waals surface area contributed by atoms with Crippen molar-refractivity contribution in [2.24, 2.45) is 0 Å². The molecule has 0 aliphatic rings. The van der Waals surface area contributed by atoms with Gasteiger partial charge in [-0.2, -0.15) is 0 Å². The number of aliphatic hydroxyl groups excluding tert-OH is 1. The summed E-state index contributed by atoms with van der Waals surface area (Å²) >= 11 is 5.96. The molecule has 0 aliphatic carbocycles. The SMILES string of the molecule is C#CCOc1ccc(Cl)cc1CNC(C)(C)CO.Cl. The fraction of sp³-hybridized carbons (Fsp3) is 0.429. The quantitative estimate of drug-likeness (QED) is 0.794. The fourth-order valence-corrected chi connectivity index (χ4v) is 1.53. The van der Waals surface area contributed by atoms with Crippen molar-refractivity contribution < 1.29 is 9.84 Å². The van der Waals surface area contributed by atoms with Gasteiger partial charge >= 0.3 is 0 Å². The second kappa shape index (κ2) is 8.29. The summed E-state index contributed by atoms with van der Waals surface area (Å²) in [7, 11) is 0. The number of rotatable bonds is 6. The Labute approximate surface area is 125 Å². The van der Waals surface area contributed by atoms with E-state index in [1.807, 2.05) is 19.9 Å². The van der Waals surface area contributed by atoms with E-state index >= 15 is 0 Å². The third kappa shape index (κ3) is 6.17. The van der Waals surface area contributed by atoms with E-state index in [0.717, 1.165) is 5.56 Å². The van der Waals surface area contributed by atoms with Crippen LogP contribution in [-0.4, -0.2) is 23.9 Å². The average molecular weight is 304 g/mol. The molecule has 1 rings (SSSR count). The zero-order chi connectivity index (χ0) is 13.6. The summed E-state index contributed by atoms with van der Waals surface area (Å²) in [5.41, 5.74) is 0.561. The molecule has 0 aromatic heterocycles. The molecule has 0 heterocycles.